The Morgan fingerprint density at radius 2 is 1.56 bits per heavy atom. The Hall–Kier alpha value is -0.630. The van der Waals surface area contributed by atoms with Crippen molar-refractivity contribution in [1.29, 1.82) is 0 Å². The molecule has 0 saturated carbocycles. The van der Waals surface area contributed by atoms with Crippen molar-refractivity contribution >= 4 is 45.8 Å². The number of halogens is 2. The number of hydrogen-bond donors (Lipinski definition) is 0. The summed E-state index contributed by atoms with van der Waals surface area (Å²) in [6, 6.07) is 2.75. The van der Waals surface area contributed by atoms with E-state index in [1.54, 1.807) is 0 Å². The monoisotopic (exact) mass is 302 g/mol. The van der Waals surface area contributed by atoms with Gasteiger partial charge in [0, 0.05) is 26.9 Å². The molecule has 0 N–H and O–H groups in total. The fraction of sp³-hybridized carbons (Fsp3) is 0. The molecular weight excluding hydrogens is 299 g/mol. The number of carbonyl (C=O) groups is 1. The summed E-state index contributed by atoms with van der Waals surface area (Å²) >= 11 is 0. The van der Waals surface area contributed by atoms with E-state index in [2.05, 4.69) is 0 Å². The van der Waals surface area contributed by atoms with Crippen LogP contribution in [0.2, 0.25) is 0 Å². The molecule has 0 amide bonds. The van der Waals surface area contributed by atoms with Crippen LogP contribution in [0.15, 0.2) is 28.0 Å². The predicted molar refractivity (Wildman–Crippen MR) is 57.9 cm³/mol. The standard InChI is InChI=1S/C7H4Cl2O5S2/c8-15(11,12)6-2-1-5(4-10)7(3-6)16(9,13)14/h1-4H. The van der Waals surface area contributed by atoms with E-state index in [0.29, 0.717) is 0 Å². The van der Waals surface area contributed by atoms with Crippen molar-refractivity contribution in [2.45, 2.75) is 9.79 Å². The molecule has 0 spiro atoms. The van der Waals surface area contributed by atoms with Crippen LogP contribution in [-0.4, -0.2) is 23.1 Å². The second-order valence-electron chi connectivity index (χ2n) is 2.69. The van der Waals surface area contributed by atoms with Crippen molar-refractivity contribution in [1.82, 2.24) is 0 Å². The molecule has 0 bridgehead atoms. The van der Waals surface area contributed by atoms with Gasteiger partial charge >= 0.3 is 0 Å². The number of rotatable bonds is 3. The first-order valence-electron chi connectivity index (χ1n) is 3.65. The summed E-state index contributed by atoms with van der Waals surface area (Å²) in [5.74, 6) is 0. The number of carbonyl (C=O) groups excluding carboxylic acids is 1. The van der Waals surface area contributed by atoms with E-state index in [1.807, 2.05) is 0 Å². The molecule has 16 heavy (non-hydrogen) atoms. The molecule has 0 fully saturated rings. The molecule has 0 unspecified atom stereocenters. The average molecular weight is 303 g/mol. The normalized spacial score (nSPS) is 12.4. The lowest BCUT2D eigenvalue weighted by Crippen LogP contribution is -2.00. The van der Waals surface area contributed by atoms with Crippen LogP contribution in [0.1, 0.15) is 10.4 Å². The molecule has 1 rings (SSSR count). The molecule has 88 valence electrons. The molecule has 0 aromatic heterocycles. The molecule has 9 heteroatoms. The topological polar surface area (TPSA) is 85.3 Å². The summed E-state index contributed by atoms with van der Waals surface area (Å²) in [7, 11) is 1.77. The maximum absolute atomic E-state index is 11.1. The van der Waals surface area contributed by atoms with Crippen LogP contribution in [0, 0.1) is 0 Å². The number of benzene rings is 1. The minimum atomic E-state index is -4.21. The van der Waals surface area contributed by atoms with E-state index in [-0.39, 0.29) is 11.8 Å². The summed E-state index contributed by atoms with van der Waals surface area (Å²) in [5.41, 5.74) is -0.237. The third-order valence-electron chi connectivity index (χ3n) is 1.66. The van der Waals surface area contributed by atoms with Gasteiger partial charge in [0.1, 0.15) is 0 Å². The maximum atomic E-state index is 11.1. The molecule has 0 saturated heterocycles. The molecule has 0 atom stereocenters. The molecular formula is C7H4Cl2O5S2. The SMILES string of the molecule is O=Cc1ccc(S(=O)(=O)Cl)cc1S(=O)(=O)Cl. The van der Waals surface area contributed by atoms with Crippen LogP contribution in [0.25, 0.3) is 0 Å². The first kappa shape index (κ1) is 13.4. The Morgan fingerprint density at radius 3 is 1.94 bits per heavy atom. The second kappa shape index (κ2) is 4.33. The molecule has 0 aliphatic rings. The van der Waals surface area contributed by atoms with Gasteiger partial charge in [-0.3, -0.25) is 4.79 Å². The first-order chi connectivity index (χ1) is 7.16. The van der Waals surface area contributed by atoms with Gasteiger partial charge in [0.2, 0.25) is 0 Å². The summed E-state index contributed by atoms with van der Waals surface area (Å²) in [5, 5.41) is 0. The number of aldehydes is 1. The summed E-state index contributed by atoms with van der Waals surface area (Å²) in [6.45, 7) is 0. The van der Waals surface area contributed by atoms with Gasteiger partial charge in [-0.05, 0) is 18.2 Å². The summed E-state index contributed by atoms with van der Waals surface area (Å²) in [6.07, 6.45) is 0.250. The fourth-order valence-electron chi connectivity index (χ4n) is 0.975. The molecule has 1 aromatic carbocycles. The van der Waals surface area contributed by atoms with Crippen LogP contribution >= 0.6 is 21.4 Å². The van der Waals surface area contributed by atoms with E-state index >= 15 is 0 Å². The molecule has 0 radical (unpaired) electrons. The van der Waals surface area contributed by atoms with Crippen molar-refractivity contribution in [3.05, 3.63) is 23.8 Å². The third kappa shape index (κ3) is 2.94. The van der Waals surface area contributed by atoms with Crippen molar-refractivity contribution in [2.75, 3.05) is 0 Å². The Balaban J connectivity index is 3.65. The zero-order valence-electron chi connectivity index (χ0n) is 7.42. The Morgan fingerprint density at radius 1 is 1.00 bits per heavy atom. The van der Waals surface area contributed by atoms with Crippen LogP contribution < -0.4 is 0 Å². The molecule has 1 aromatic rings. The van der Waals surface area contributed by atoms with Gasteiger partial charge in [0.05, 0.1) is 9.79 Å². The smallest absolute Gasteiger partial charge is 0.262 e. The van der Waals surface area contributed by atoms with E-state index < -0.39 is 27.9 Å². The molecule has 0 aliphatic carbocycles. The first-order valence-corrected chi connectivity index (χ1v) is 8.26. The lowest BCUT2D eigenvalue weighted by Gasteiger charge is -2.02. The molecule has 0 heterocycles. The predicted octanol–water partition coefficient (Wildman–Crippen LogP) is 1.35. The average Bonchev–Trinajstić information content (AvgIpc) is 2.14. The highest BCUT2D eigenvalue weighted by Gasteiger charge is 2.20. The highest BCUT2D eigenvalue weighted by atomic mass is 35.7. The van der Waals surface area contributed by atoms with Gasteiger partial charge in [-0.2, -0.15) is 0 Å². The van der Waals surface area contributed by atoms with Gasteiger partial charge in [0.25, 0.3) is 18.1 Å². The third-order valence-corrected chi connectivity index (χ3v) is 4.39. The van der Waals surface area contributed by atoms with E-state index in [0.717, 1.165) is 18.2 Å². The van der Waals surface area contributed by atoms with E-state index in [4.69, 9.17) is 21.4 Å². The van der Waals surface area contributed by atoms with Crippen LogP contribution in [0.4, 0.5) is 0 Å². The number of hydrogen-bond acceptors (Lipinski definition) is 5. The van der Waals surface area contributed by atoms with Crippen molar-refractivity contribution in [3.8, 4) is 0 Å². The minimum absolute atomic E-state index is 0.237. The van der Waals surface area contributed by atoms with E-state index in [9.17, 15) is 21.6 Å². The van der Waals surface area contributed by atoms with Crippen LogP contribution in [0.3, 0.4) is 0 Å². The fourth-order valence-corrected chi connectivity index (χ4v) is 2.89. The zero-order chi connectivity index (χ0) is 12.6. The Kier molecular flexibility index (Phi) is 3.63. The largest absolute Gasteiger partial charge is 0.298 e. The summed E-state index contributed by atoms with van der Waals surface area (Å²) in [4.78, 5) is 9.49. The Bertz CT molecular complexity index is 633. The lowest BCUT2D eigenvalue weighted by atomic mass is 10.2. The van der Waals surface area contributed by atoms with Crippen molar-refractivity contribution < 1.29 is 21.6 Å². The molecule has 5 nitrogen and oxygen atoms in total. The van der Waals surface area contributed by atoms with Crippen LogP contribution in [0.5, 0.6) is 0 Å². The second-order valence-corrected chi connectivity index (χ2v) is 7.79. The quantitative estimate of drug-likeness (QED) is 0.621. The Labute approximate surface area is 101 Å². The minimum Gasteiger partial charge on any atom is -0.298 e. The molecule has 0 aliphatic heterocycles. The highest BCUT2D eigenvalue weighted by molar-refractivity contribution is 8.14. The van der Waals surface area contributed by atoms with Crippen molar-refractivity contribution in [2.24, 2.45) is 0 Å². The van der Waals surface area contributed by atoms with Gasteiger partial charge in [0.15, 0.2) is 6.29 Å². The highest BCUT2D eigenvalue weighted by Crippen LogP contribution is 2.24. The van der Waals surface area contributed by atoms with Gasteiger partial charge in [-0.15, -0.1) is 0 Å². The van der Waals surface area contributed by atoms with Crippen LogP contribution in [-0.2, 0) is 18.1 Å². The van der Waals surface area contributed by atoms with E-state index in [1.165, 1.54) is 0 Å². The summed E-state index contributed by atoms with van der Waals surface area (Å²) < 4.78 is 44.0. The van der Waals surface area contributed by atoms with Crippen molar-refractivity contribution in [3.63, 3.8) is 0 Å². The maximum Gasteiger partial charge on any atom is 0.262 e. The van der Waals surface area contributed by atoms with Gasteiger partial charge in [-0.25, -0.2) is 16.8 Å². The lowest BCUT2D eigenvalue weighted by molar-refractivity contribution is 0.112. The zero-order valence-corrected chi connectivity index (χ0v) is 10.6. The van der Waals surface area contributed by atoms with Gasteiger partial charge in [-0.1, -0.05) is 0 Å². The van der Waals surface area contributed by atoms with Gasteiger partial charge < -0.3 is 0 Å².